The molecule has 2 rings (SSSR count). The number of aromatic nitrogens is 1. The van der Waals surface area contributed by atoms with Crippen molar-refractivity contribution < 1.29 is 0 Å². The number of nitrogen functional groups attached to an aromatic ring is 1. The second-order valence-corrected chi connectivity index (χ2v) is 5.86. The summed E-state index contributed by atoms with van der Waals surface area (Å²) in [4.78, 5) is 10.3. The standard InChI is InChI=1S/C11H21N5S/c1-15-5-3-4-9(7-15)16(2)8-10-6-13-11(14-12)17-10/h6,9H,3-5,7-8,12H2,1-2H3,(H,13,14). The number of nitrogens with two attached hydrogens (primary N) is 1. The third-order valence-corrected chi connectivity index (χ3v) is 4.22. The molecule has 0 saturated carbocycles. The lowest BCUT2D eigenvalue weighted by atomic mass is 10.1. The van der Waals surface area contributed by atoms with Gasteiger partial charge in [-0.15, -0.1) is 0 Å². The number of nitrogens with one attached hydrogen (secondary N) is 1. The summed E-state index contributed by atoms with van der Waals surface area (Å²) in [6, 6.07) is 0.658. The summed E-state index contributed by atoms with van der Waals surface area (Å²) in [7, 11) is 4.39. The Balaban J connectivity index is 1.89. The second kappa shape index (κ2) is 5.77. The van der Waals surface area contributed by atoms with Crippen molar-refractivity contribution in [3.05, 3.63) is 11.1 Å². The van der Waals surface area contributed by atoms with Crippen LogP contribution in [0.2, 0.25) is 0 Å². The van der Waals surface area contributed by atoms with Gasteiger partial charge in [0.2, 0.25) is 0 Å². The number of likely N-dealkylation sites (tertiary alicyclic amines) is 1. The Kier molecular flexibility index (Phi) is 4.33. The van der Waals surface area contributed by atoms with E-state index in [0.717, 1.165) is 18.2 Å². The van der Waals surface area contributed by atoms with Gasteiger partial charge < -0.3 is 4.90 Å². The lowest BCUT2D eigenvalue weighted by Gasteiger charge is -2.35. The monoisotopic (exact) mass is 255 g/mol. The molecule has 0 radical (unpaired) electrons. The lowest BCUT2D eigenvalue weighted by molar-refractivity contribution is 0.130. The maximum absolute atomic E-state index is 5.33. The summed E-state index contributed by atoms with van der Waals surface area (Å²) >= 11 is 1.62. The van der Waals surface area contributed by atoms with Gasteiger partial charge in [-0.1, -0.05) is 11.3 Å². The molecule has 1 fully saturated rings. The topological polar surface area (TPSA) is 57.4 Å². The molecule has 1 aliphatic rings. The maximum Gasteiger partial charge on any atom is 0.197 e. The number of thiazole rings is 1. The Morgan fingerprint density at radius 1 is 1.71 bits per heavy atom. The molecule has 6 heteroatoms. The van der Waals surface area contributed by atoms with E-state index in [-0.39, 0.29) is 0 Å². The number of hydrogen-bond acceptors (Lipinski definition) is 6. The fourth-order valence-corrected chi connectivity index (χ4v) is 3.11. The number of hydrogen-bond donors (Lipinski definition) is 2. The van der Waals surface area contributed by atoms with Crippen LogP contribution in [0.1, 0.15) is 17.7 Å². The smallest absolute Gasteiger partial charge is 0.197 e. The van der Waals surface area contributed by atoms with Crippen LogP contribution in [-0.4, -0.2) is 48.0 Å². The molecule has 96 valence electrons. The Labute approximate surface area is 107 Å². The Morgan fingerprint density at radius 2 is 2.53 bits per heavy atom. The van der Waals surface area contributed by atoms with Crippen LogP contribution in [-0.2, 0) is 6.54 Å². The molecule has 0 aliphatic carbocycles. The van der Waals surface area contributed by atoms with Crippen LogP contribution in [0.3, 0.4) is 0 Å². The van der Waals surface area contributed by atoms with Gasteiger partial charge in [0.25, 0.3) is 0 Å². The van der Waals surface area contributed by atoms with Crippen LogP contribution in [0.4, 0.5) is 5.13 Å². The molecule has 1 atom stereocenters. The maximum atomic E-state index is 5.33. The number of piperidine rings is 1. The van der Waals surface area contributed by atoms with Crippen LogP contribution < -0.4 is 11.3 Å². The largest absolute Gasteiger partial charge is 0.305 e. The van der Waals surface area contributed by atoms with Crippen LogP contribution in [0.15, 0.2) is 6.20 Å². The Bertz CT molecular complexity index is 353. The van der Waals surface area contributed by atoms with Crippen LogP contribution >= 0.6 is 11.3 Å². The van der Waals surface area contributed by atoms with E-state index in [2.05, 4.69) is 34.3 Å². The minimum atomic E-state index is 0.658. The molecule has 1 aromatic heterocycles. The summed E-state index contributed by atoms with van der Waals surface area (Å²) < 4.78 is 0. The number of anilines is 1. The highest BCUT2D eigenvalue weighted by molar-refractivity contribution is 7.15. The summed E-state index contributed by atoms with van der Waals surface area (Å²) in [5.41, 5.74) is 2.59. The summed E-state index contributed by atoms with van der Waals surface area (Å²) in [6.07, 6.45) is 4.49. The molecule has 0 aromatic carbocycles. The van der Waals surface area contributed by atoms with Gasteiger partial charge >= 0.3 is 0 Å². The minimum absolute atomic E-state index is 0.658. The van der Waals surface area contributed by atoms with Gasteiger partial charge in [0, 0.05) is 30.2 Å². The van der Waals surface area contributed by atoms with Gasteiger partial charge in [-0.25, -0.2) is 10.8 Å². The van der Waals surface area contributed by atoms with Gasteiger partial charge in [0.05, 0.1) is 0 Å². The molecular weight excluding hydrogens is 234 g/mol. The zero-order valence-corrected chi connectivity index (χ0v) is 11.3. The van der Waals surface area contributed by atoms with Crippen molar-refractivity contribution in [2.75, 3.05) is 32.6 Å². The van der Waals surface area contributed by atoms with Crippen LogP contribution in [0.25, 0.3) is 0 Å². The third-order valence-electron chi connectivity index (χ3n) is 3.31. The molecular formula is C11H21N5S. The van der Waals surface area contributed by atoms with Crippen molar-refractivity contribution >= 4 is 16.5 Å². The predicted molar refractivity (Wildman–Crippen MR) is 71.9 cm³/mol. The van der Waals surface area contributed by atoms with E-state index in [1.807, 2.05) is 6.20 Å². The molecule has 3 N–H and O–H groups in total. The van der Waals surface area contributed by atoms with Gasteiger partial charge in [-0.05, 0) is 33.5 Å². The first-order valence-corrected chi connectivity index (χ1v) is 6.81. The molecule has 1 aromatic rings. The number of hydrazine groups is 1. The van der Waals surface area contributed by atoms with Crippen molar-refractivity contribution in [2.45, 2.75) is 25.4 Å². The average molecular weight is 255 g/mol. The van der Waals surface area contributed by atoms with Crippen molar-refractivity contribution in [1.29, 1.82) is 0 Å². The lowest BCUT2D eigenvalue weighted by Crippen LogP contribution is -2.44. The van der Waals surface area contributed by atoms with Crippen molar-refractivity contribution in [2.24, 2.45) is 5.84 Å². The minimum Gasteiger partial charge on any atom is -0.305 e. The van der Waals surface area contributed by atoms with Crippen molar-refractivity contribution in [3.63, 3.8) is 0 Å². The molecule has 1 saturated heterocycles. The molecule has 1 unspecified atom stereocenters. The van der Waals surface area contributed by atoms with Crippen molar-refractivity contribution in [1.82, 2.24) is 14.8 Å². The number of likely N-dealkylation sites (N-methyl/N-ethyl adjacent to an activating group) is 2. The number of rotatable bonds is 4. The highest BCUT2D eigenvalue weighted by atomic mass is 32.1. The van der Waals surface area contributed by atoms with E-state index in [4.69, 9.17) is 5.84 Å². The zero-order valence-electron chi connectivity index (χ0n) is 10.5. The molecule has 1 aliphatic heterocycles. The van der Waals surface area contributed by atoms with E-state index >= 15 is 0 Å². The highest BCUT2D eigenvalue weighted by Crippen LogP contribution is 2.21. The third kappa shape index (κ3) is 3.38. The molecule has 0 amide bonds. The van der Waals surface area contributed by atoms with E-state index in [1.54, 1.807) is 11.3 Å². The SMILES string of the molecule is CN1CCCC(N(C)Cc2cnc(NN)s2)C1. The first kappa shape index (κ1) is 12.8. The van der Waals surface area contributed by atoms with E-state index < -0.39 is 0 Å². The Hall–Kier alpha value is -0.690. The quantitative estimate of drug-likeness (QED) is 0.620. The fourth-order valence-electron chi connectivity index (χ4n) is 2.32. The average Bonchev–Trinajstić information content (AvgIpc) is 2.77. The van der Waals surface area contributed by atoms with Gasteiger partial charge in [-0.3, -0.25) is 10.3 Å². The van der Waals surface area contributed by atoms with Crippen molar-refractivity contribution in [3.8, 4) is 0 Å². The highest BCUT2D eigenvalue weighted by Gasteiger charge is 2.21. The van der Waals surface area contributed by atoms with E-state index in [9.17, 15) is 0 Å². The summed E-state index contributed by atoms with van der Waals surface area (Å²) in [5.74, 6) is 5.33. The molecule has 2 heterocycles. The Morgan fingerprint density at radius 3 is 3.18 bits per heavy atom. The molecule has 17 heavy (non-hydrogen) atoms. The first-order chi connectivity index (χ1) is 8.19. The van der Waals surface area contributed by atoms with Crippen LogP contribution in [0, 0.1) is 0 Å². The number of nitrogens with zero attached hydrogens (tertiary/aromatic N) is 3. The zero-order chi connectivity index (χ0) is 12.3. The molecule has 0 spiro atoms. The van der Waals surface area contributed by atoms with Gasteiger partial charge in [-0.2, -0.15) is 0 Å². The normalized spacial score (nSPS) is 22.0. The molecule has 5 nitrogen and oxygen atoms in total. The first-order valence-electron chi connectivity index (χ1n) is 5.99. The molecule has 0 bridgehead atoms. The van der Waals surface area contributed by atoms with Crippen LogP contribution in [0.5, 0.6) is 0 Å². The second-order valence-electron chi connectivity index (χ2n) is 4.75. The fraction of sp³-hybridized carbons (Fsp3) is 0.727. The summed E-state index contributed by atoms with van der Waals surface area (Å²) in [6.45, 7) is 3.35. The van der Waals surface area contributed by atoms with E-state index in [0.29, 0.717) is 6.04 Å². The van der Waals surface area contributed by atoms with E-state index in [1.165, 1.54) is 24.3 Å². The predicted octanol–water partition coefficient (Wildman–Crippen LogP) is 0.955. The summed E-state index contributed by atoms with van der Waals surface area (Å²) in [5, 5.41) is 0.786. The van der Waals surface area contributed by atoms with Gasteiger partial charge in [0.1, 0.15) is 0 Å². The van der Waals surface area contributed by atoms with Gasteiger partial charge in [0.15, 0.2) is 5.13 Å².